The Morgan fingerprint density at radius 3 is 2.81 bits per heavy atom. The number of halogens is 1. The molecule has 88 valence electrons. The highest BCUT2D eigenvalue weighted by Crippen LogP contribution is 2.19. The van der Waals surface area contributed by atoms with Gasteiger partial charge in [0.2, 0.25) is 0 Å². The molecule has 0 spiro atoms. The van der Waals surface area contributed by atoms with Crippen LogP contribution in [-0.4, -0.2) is 28.8 Å². The van der Waals surface area contributed by atoms with Gasteiger partial charge in [0.05, 0.1) is 18.2 Å². The predicted octanol–water partition coefficient (Wildman–Crippen LogP) is 1.50. The lowest BCUT2D eigenvalue weighted by atomic mass is 10.1. The minimum Gasteiger partial charge on any atom is -0.507 e. The smallest absolute Gasteiger partial charge is 0.255 e. The maximum atomic E-state index is 11.8. The minimum absolute atomic E-state index is 0.0503. The molecule has 5 heteroatoms. The number of nitrogens with one attached hydrogen (secondary N) is 1. The molecular weight excluding hydrogens is 321 g/mol. The molecule has 0 aromatic heterocycles. The van der Waals surface area contributed by atoms with Crippen LogP contribution >= 0.6 is 22.6 Å². The molecule has 0 heterocycles. The van der Waals surface area contributed by atoms with Crippen LogP contribution in [0.4, 0.5) is 0 Å². The van der Waals surface area contributed by atoms with E-state index in [2.05, 4.69) is 27.9 Å². The average Bonchev–Trinajstić information content (AvgIpc) is 2.28. The van der Waals surface area contributed by atoms with E-state index in [1.807, 2.05) is 6.92 Å². The van der Waals surface area contributed by atoms with Crippen molar-refractivity contribution >= 4 is 28.5 Å². The topological polar surface area (TPSA) is 69.6 Å². The Labute approximate surface area is 108 Å². The first-order valence-corrected chi connectivity index (χ1v) is 6.06. The molecule has 0 fully saturated rings. The summed E-state index contributed by atoms with van der Waals surface area (Å²) in [6.07, 6.45) is 0.646. The minimum atomic E-state index is -0.364. The third kappa shape index (κ3) is 3.34. The zero-order valence-corrected chi connectivity index (χ0v) is 11.1. The van der Waals surface area contributed by atoms with Crippen LogP contribution in [0.2, 0.25) is 0 Å². The highest BCUT2D eigenvalue weighted by atomic mass is 127. The fourth-order valence-electron chi connectivity index (χ4n) is 1.23. The van der Waals surface area contributed by atoms with Crippen LogP contribution in [0.1, 0.15) is 23.7 Å². The summed E-state index contributed by atoms with van der Waals surface area (Å²) in [5.74, 6) is -0.414. The van der Waals surface area contributed by atoms with Gasteiger partial charge in [0.1, 0.15) is 5.75 Å². The molecule has 0 bridgehead atoms. The SMILES string of the molecule is CC[C@H](CO)NC(=O)c1cc(I)ccc1O. The van der Waals surface area contributed by atoms with Gasteiger partial charge in [-0.3, -0.25) is 4.79 Å². The van der Waals surface area contributed by atoms with Gasteiger partial charge in [0.15, 0.2) is 0 Å². The molecule has 0 aliphatic rings. The number of benzene rings is 1. The Morgan fingerprint density at radius 2 is 2.25 bits per heavy atom. The van der Waals surface area contributed by atoms with E-state index >= 15 is 0 Å². The molecule has 0 radical (unpaired) electrons. The average molecular weight is 335 g/mol. The highest BCUT2D eigenvalue weighted by Gasteiger charge is 2.14. The largest absolute Gasteiger partial charge is 0.507 e. The van der Waals surface area contributed by atoms with Crippen molar-refractivity contribution in [3.05, 3.63) is 27.3 Å². The van der Waals surface area contributed by atoms with E-state index in [1.165, 1.54) is 6.07 Å². The molecule has 0 unspecified atom stereocenters. The Bertz CT molecular complexity index is 377. The monoisotopic (exact) mass is 335 g/mol. The van der Waals surface area contributed by atoms with Crippen molar-refractivity contribution in [2.24, 2.45) is 0 Å². The van der Waals surface area contributed by atoms with Crippen LogP contribution in [0.5, 0.6) is 5.75 Å². The lowest BCUT2D eigenvalue weighted by Crippen LogP contribution is -2.36. The standard InChI is InChI=1S/C11H14INO3/c1-2-8(6-14)13-11(16)9-5-7(12)3-4-10(9)15/h3-5,8,14-15H,2,6H2,1H3,(H,13,16)/t8-/m1/s1. The van der Waals surface area contributed by atoms with Crippen LogP contribution in [0, 0.1) is 3.57 Å². The molecule has 0 aliphatic heterocycles. The van der Waals surface area contributed by atoms with Crippen molar-refractivity contribution in [2.75, 3.05) is 6.61 Å². The molecule has 16 heavy (non-hydrogen) atoms. The van der Waals surface area contributed by atoms with E-state index in [9.17, 15) is 9.90 Å². The van der Waals surface area contributed by atoms with E-state index in [0.717, 1.165) is 3.57 Å². The zero-order chi connectivity index (χ0) is 12.1. The molecular formula is C11H14INO3. The second kappa shape index (κ2) is 6.05. The zero-order valence-electron chi connectivity index (χ0n) is 8.90. The van der Waals surface area contributed by atoms with E-state index in [0.29, 0.717) is 6.42 Å². The number of hydrogen-bond acceptors (Lipinski definition) is 3. The fraction of sp³-hybridized carbons (Fsp3) is 0.364. The molecule has 1 rings (SSSR count). The van der Waals surface area contributed by atoms with Crippen molar-refractivity contribution in [3.8, 4) is 5.75 Å². The number of hydrogen-bond donors (Lipinski definition) is 3. The summed E-state index contributed by atoms with van der Waals surface area (Å²) >= 11 is 2.07. The lowest BCUT2D eigenvalue weighted by molar-refractivity contribution is 0.0912. The van der Waals surface area contributed by atoms with Gasteiger partial charge in [0, 0.05) is 3.57 Å². The summed E-state index contributed by atoms with van der Waals surface area (Å²) < 4.78 is 0.873. The molecule has 0 saturated heterocycles. The van der Waals surface area contributed by atoms with Gasteiger partial charge < -0.3 is 15.5 Å². The first-order chi connectivity index (χ1) is 7.58. The normalized spacial score (nSPS) is 12.2. The maximum Gasteiger partial charge on any atom is 0.255 e. The van der Waals surface area contributed by atoms with Crippen LogP contribution in [0.25, 0.3) is 0 Å². The second-order valence-electron chi connectivity index (χ2n) is 3.42. The first kappa shape index (κ1) is 13.2. The number of carbonyl (C=O) groups excluding carboxylic acids is 1. The summed E-state index contributed by atoms with van der Waals surface area (Å²) in [7, 11) is 0. The van der Waals surface area contributed by atoms with E-state index < -0.39 is 0 Å². The number of phenols is 1. The van der Waals surface area contributed by atoms with Gasteiger partial charge in [0.25, 0.3) is 5.91 Å². The number of phenolic OH excluding ortho intramolecular Hbond substituents is 1. The molecule has 1 amide bonds. The van der Waals surface area contributed by atoms with Crippen LogP contribution in [-0.2, 0) is 0 Å². The van der Waals surface area contributed by atoms with Crippen LogP contribution in [0.15, 0.2) is 18.2 Å². The Balaban J connectivity index is 2.83. The molecule has 1 aromatic carbocycles. The molecule has 1 aromatic rings. The van der Waals surface area contributed by atoms with Crippen molar-refractivity contribution in [3.63, 3.8) is 0 Å². The van der Waals surface area contributed by atoms with Gasteiger partial charge in [-0.2, -0.15) is 0 Å². The van der Waals surface area contributed by atoms with E-state index in [1.54, 1.807) is 12.1 Å². The molecule has 1 atom stereocenters. The van der Waals surface area contributed by atoms with Gasteiger partial charge in [-0.05, 0) is 47.2 Å². The quantitative estimate of drug-likeness (QED) is 0.731. The maximum absolute atomic E-state index is 11.8. The van der Waals surface area contributed by atoms with Crippen molar-refractivity contribution in [1.29, 1.82) is 0 Å². The number of amides is 1. The Kier molecular flexibility index (Phi) is 5.01. The van der Waals surface area contributed by atoms with E-state index in [4.69, 9.17) is 5.11 Å². The third-order valence-electron chi connectivity index (χ3n) is 2.25. The third-order valence-corrected chi connectivity index (χ3v) is 2.92. The Morgan fingerprint density at radius 1 is 1.56 bits per heavy atom. The second-order valence-corrected chi connectivity index (χ2v) is 4.67. The van der Waals surface area contributed by atoms with Crippen molar-refractivity contribution < 1.29 is 15.0 Å². The molecule has 3 N–H and O–H groups in total. The fourth-order valence-corrected chi connectivity index (χ4v) is 1.72. The van der Waals surface area contributed by atoms with Crippen LogP contribution in [0.3, 0.4) is 0 Å². The molecule has 4 nitrogen and oxygen atoms in total. The van der Waals surface area contributed by atoms with Gasteiger partial charge >= 0.3 is 0 Å². The summed E-state index contributed by atoms with van der Waals surface area (Å²) in [5, 5.41) is 21.2. The molecule has 0 aliphatic carbocycles. The lowest BCUT2D eigenvalue weighted by Gasteiger charge is -2.14. The van der Waals surface area contributed by atoms with Crippen molar-refractivity contribution in [1.82, 2.24) is 5.32 Å². The number of aliphatic hydroxyl groups is 1. The number of carbonyl (C=O) groups is 1. The summed E-state index contributed by atoms with van der Waals surface area (Å²) in [5.41, 5.74) is 0.235. The molecule has 0 saturated carbocycles. The predicted molar refractivity (Wildman–Crippen MR) is 69.5 cm³/mol. The Hall–Kier alpha value is -0.820. The summed E-state index contributed by atoms with van der Waals surface area (Å²) in [4.78, 5) is 11.8. The summed E-state index contributed by atoms with van der Waals surface area (Å²) in [6.45, 7) is 1.77. The van der Waals surface area contributed by atoms with Gasteiger partial charge in [-0.1, -0.05) is 6.92 Å². The number of aliphatic hydroxyl groups excluding tert-OH is 1. The summed E-state index contributed by atoms with van der Waals surface area (Å²) in [6, 6.07) is 4.53. The van der Waals surface area contributed by atoms with Crippen LogP contribution < -0.4 is 5.32 Å². The van der Waals surface area contributed by atoms with Crippen molar-refractivity contribution in [2.45, 2.75) is 19.4 Å². The number of rotatable bonds is 4. The van der Waals surface area contributed by atoms with Gasteiger partial charge in [-0.25, -0.2) is 0 Å². The first-order valence-electron chi connectivity index (χ1n) is 4.98. The van der Waals surface area contributed by atoms with Gasteiger partial charge in [-0.15, -0.1) is 0 Å². The van der Waals surface area contributed by atoms with E-state index in [-0.39, 0.29) is 29.9 Å². The highest BCUT2D eigenvalue weighted by molar-refractivity contribution is 14.1. The number of aromatic hydroxyl groups is 1.